The molecule has 1 fully saturated rings. The van der Waals surface area contributed by atoms with E-state index in [1.807, 2.05) is 24.2 Å². The number of hydrogen-bond acceptors (Lipinski definition) is 2. The first-order chi connectivity index (χ1) is 8.08. The zero-order chi connectivity index (χ0) is 12.4. The number of aromatic nitrogens is 2. The number of nitrogens with zero attached hydrogens (tertiary/aromatic N) is 3. The van der Waals surface area contributed by atoms with E-state index in [0.29, 0.717) is 5.92 Å². The fourth-order valence-electron chi connectivity index (χ4n) is 2.32. The van der Waals surface area contributed by atoms with E-state index in [2.05, 4.69) is 5.10 Å². The second-order valence-corrected chi connectivity index (χ2v) is 5.31. The molecule has 0 aliphatic carbocycles. The number of alkyl halides is 1. The predicted octanol–water partition coefficient (Wildman–Crippen LogP) is 1.75. The minimum atomic E-state index is -0.433. The second kappa shape index (κ2) is 5.08. The first-order valence-corrected chi connectivity index (χ1v) is 6.44. The van der Waals surface area contributed by atoms with Gasteiger partial charge in [-0.3, -0.25) is 9.48 Å². The van der Waals surface area contributed by atoms with Crippen LogP contribution in [0.1, 0.15) is 31.4 Å². The summed E-state index contributed by atoms with van der Waals surface area (Å²) >= 11 is 5.85. The molecule has 0 N–H and O–H groups in total. The zero-order valence-corrected chi connectivity index (χ0v) is 11.0. The Morgan fingerprint density at radius 3 is 3.00 bits per heavy atom. The van der Waals surface area contributed by atoms with Gasteiger partial charge in [-0.1, -0.05) is 0 Å². The molecule has 1 aromatic rings. The predicted molar refractivity (Wildman–Crippen MR) is 67.1 cm³/mol. The van der Waals surface area contributed by atoms with Crippen LogP contribution in [-0.4, -0.2) is 39.1 Å². The molecule has 0 bridgehead atoms. The van der Waals surface area contributed by atoms with E-state index in [1.165, 1.54) is 0 Å². The van der Waals surface area contributed by atoms with Crippen molar-refractivity contribution in [1.82, 2.24) is 14.7 Å². The van der Waals surface area contributed by atoms with Gasteiger partial charge in [0, 0.05) is 32.3 Å². The molecule has 1 aromatic heterocycles. The molecule has 1 amide bonds. The molecule has 0 unspecified atom stereocenters. The molecule has 2 atom stereocenters. The van der Waals surface area contributed by atoms with Crippen LogP contribution in [0.3, 0.4) is 0 Å². The highest BCUT2D eigenvalue weighted by atomic mass is 35.5. The average Bonchev–Trinajstić information content (AvgIpc) is 2.75. The molecule has 17 heavy (non-hydrogen) atoms. The molecule has 94 valence electrons. The van der Waals surface area contributed by atoms with Gasteiger partial charge in [0.15, 0.2) is 0 Å². The highest BCUT2D eigenvalue weighted by Crippen LogP contribution is 2.26. The quantitative estimate of drug-likeness (QED) is 0.756. The third kappa shape index (κ3) is 2.80. The molecule has 0 radical (unpaired) electrons. The van der Waals surface area contributed by atoms with Crippen molar-refractivity contribution in [2.45, 2.75) is 31.1 Å². The fourth-order valence-corrected chi connectivity index (χ4v) is 2.46. The van der Waals surface area contributed by atoms with Crippen molar-refractivity contribution in [3.63, 3.8) is 0 Å². The Morgan fingerprint density at radius 1 is 1.65 bits per heavy atom. The summed E-state index contributed by atoms with van der Waals surface area (Å²) in [6, 6.07) is 2.03. The van der Waals surface area contributed by atoms with E-state index in [1.54, 1.807) is 11.6 Å². The Hall–Kier alpha value is -1.03. The Balaban J connectivity index is 2.04. The molecule has 0 aromatic carbocycles. The maximum atomic E-state index is 11.8. The van der Waals surface area contributed by atoms with Crippen LogP contribution in [-0.2, 0) is 11.8 Å². The lowest BCUT2D eigenvalue weighted by Gasteiger charge is -2.32. The van der Waals surface area contributed by atoms with Crippen molar-refractivity contribution in [3.05, 3.63) is 18.0 Å². The summed E-state index contributed by atoms with van der Waals surface area (Å²) in [5.41, 5.74) is 1.08. The van der Waals surface area contributed by atoms with E-state index in [0.717, 1.165) is 31.6 Å². The third-order valence-electron chi connectivity index (χ3n) is 3.23. The molecule has 0 saturated carbocycles. The number of rotatable bonds is 2. The number of carbonyl (C=O) groups excluding carboxylic acids is 1. The summed E-state index contributed by atoms with van der Waals surface area (Å²) in [5, 5.41) is 3.99. The van der Waals surface area contributed by atoms with Crippen molar-refractivity contribution in [2.24, 2.45) is 7.05 Å². The lowest BCUT2D eigenvalue weighted by atomic mass is 9.95. The van der Waals surface area contributed by atoms with Gasteiger partial charge < -0.3 is 4.90 Å². The fraction of sp³-hybridized carbons (Fsp3) is 0.667. The summed E-state index contributed by atoms with van der Waals surface area (Å²) in [5.74, 6) is 0.386. The van der Waals surface area contributed by atoms with Gasteiger partial charge in [0.2, 0.25) is 5.91 Å². The van der Waals surface area contributed by atoms with Crippen LogP contribution in [0.5, 0.6) is 0 Å². The summed E-state index contributed by atoms with van der Waals surface area (Å²) in [4.78, 5) is 13.7. The van der Waals surface area contributed by atoms with Crippen molar-refractivity contribution in [3.8, 4) is 0 Å². The largest absolute Gasteiger partial charge is 0.341 e. The number of halogens is 1. The van der Waals surface area contributed by atoms with Gasteiger partial charge in [-0.2, -0.15) is 5.10 Å². The van der Waals surface area contributed by atoms with Crippen molar-refractivity contribution in [2.75, 3.05) is 13.1 Å². The summed E-state index contributed by atoms with van der Waals surface area (Å²) < 4.78 is 1.81. The van der Waals surface area contributed by atoms with Gasteiger partial charge in [0.25, 0.3) is 0 Å². The number of aryl methyl sites for hydroxylation is 1. The standard InChI is InChI=1S/C12H18ClN3O/c1-9(13)12(17)16-6-3-4-10(8-16)11-5-7-15(2)14-11/h5,7,9-10H,3-4,6,8H2,1-2H3/t9-,10-/m0/s1. The maximum Gasteiger partial charge on any atom is 0.240 e. The van der Waals surface area contributed by atoms with Gasteiger partial charge in [-0.15, -0.1) is 11.6 Å². The van der Waals surface area contributed by atoms with E-state index in [4.69, 9.17) is 11.6 Å². The van der Waals surface area contributed by atoms with Gasteiger partial charge in [0.1, 0.15) is 5.38 Å². The van der Waals surface area contributed by atoms with Crippen LogP contribution in [0.4, 0.5) is 0 Å². The zero-order valence-electron chi connectivity index (χ0n) is 10.3. The van der Waals surface area contributed by atoms with Crippen molar-refractivity contribution >= 4 is 17.5 Å². The lowest BCUT2D eigenvalue weighted by Crippen LogP contribution is -2.42. The monoisotopic (exact) mass is 255 g/mol. The maximum absolute atomic E-state index is 11.8. The molecule has 2 heterocycles. The second-order valence-electron chi connectivity index (χ2n) is 4.65. The molecule has 1 aliphatic rings. The molecule has 2 rings (SSSR count). The summed E-state index contributed by atoms with van der Waals surface area (Å²) in [7, 11) is 1.91. The molecular formula is C12H18ClN3O. The topological polar surface area (TPSA) is 38.1 Å². The number of likely N-dealkylation sites (tertiary alicyclic amines) is 1. The minimum Gasteiger partial charge on any atom is -0.341 e. The molecule has 5 heteroatoms. The minimum absolute atomic E-state index is 0.0345. The Morgan fingerprint density at radius 2 is 2.41 bits per heavy atom. The Labute approximate surface area is 107 Å². The SMILES string of the molecule is C[C@H](Cl)C(=O)N1CCC[C@H](c2ccn(C)n2)C1. The first-order valence-electron chi connectivity index (χ1n) is 6.00. The van der Waals surface area contributed by atoms with E-state index in [-0.39, 0.29) is 5.91 Å². The number of piperidine rings is 1. The number of carbonyl (C=O) groups is 1. The van der Waals surface area contributed by atoms with Gasteiger partial charge in [-0.25, -0.2) is 0 Å². The summed E-state index contributed by atoms with van der Waals surface area (Å²) in [6.45, 7) is 3.29. The normalized spacial score (nSPS) is 22.5. The smallest absolute Gasteiger partial charge is 0.240 e. The molecule has 4 nitrogen and oxygen atoms in total. The lowest BCUT2D eigenvalue weighted by molar-refractivity contribution is -0.131. The highest BCUT2D eigenvalue weighted by Gasteiger charge is 2.27. The Kier molecular flexibility index (Phi) is 3.72. The molecule has 1 aliphatic heterocycles. The Bertz CT molecular complexity index is 402. The van der Waals surface area contributed by atoms with Gasteiger partial charge in [0.05, 0.1) is 5.69 Å². The van der Waals surface area contributed by atoms with Crippen LogP contribution >= 0.6 is 11.6 Å². The van der Waals surface area contributed by atoms with E-state index >= 15 is 0 Å². The molecule has 1 saturated heterocycles. The van der Waals surface area contributed by atoms with Crippen LogP contribution < -0.4 is 0 Å². The average molecular weight is 256 g/mol. The van der Waals surface area contributed by atoms with Gasteiger partial charge >= 0.3 is 0 Å². The van der Waals surface area contributed by atoms with E-state index in [9.17, 15) is 4.79 Å². The van der Waals surface area contributed by atoms with Crippen LogP contribution in [0, 0.1) is 0 Å². The molecule has 0 spiro atoms. The van der Waals surface area contributed by atoms with Crippen molar-refractivity contribution in [1.29, 1.82) is 0 Å². The van der Waals surface area contributed by atoms with Gasteiger partial charge in [-0.05, 0) is 25.8 Å². The summed E-state index contributed by atoms with van der Waals surface area (Å²) in [6.07, 6.45) is 4.06. The number of amides is 1. The van der Waals surface area contributed by atoms with Crippen LogP contribution in [0.25, 0.3) is 0 Å². The van der Waals surface area contributed by atoms with E-state index < -0.39 is 5.38 Å². The number of hydrogen-bond donors (Lipinski definition) is 0. The first kappa shape index (κ1) is 12.4. The van der Waals surface area contributed by atoms with Crippen molar-refractivity contribution < 1.29 is 4.79 Å². The molecular weight excluding hydrogens is 238 g/mol. The third-order valence-corrected chi connectivity index (χ3v) is 3.41. The highest BCUT2D eigenvalue weighted by molar-refractivity contribution is 6.30. The van der Waals surface area contributed by atoms with Crippen LogP contribution in [0.15, 0.2) is 12.3 Å². The van der Waals surface area contributed by atoms with Crippen LogP contribution in [0.2, 0.25) is 0 Å².